The van der Waals surface area contributed by atoms with E-state index in [1.54, 1.807) is 95.3 Å². The second kappa shape index (κ2) is 25.9. The monoisotopic (exact) mass is 984 g/mol. The first-order chi connectivity index (χ1) is 34.3. The predicted octanol–water partition coefficient (Wildman–Crippen LogP) is 5.36. The first-order valence-corrected chi connectivity index (χ1v) is 21.8. The number of hydrogen-bond acceptors (Lipinski definition) is 15. The molecule has 0 atom stereocenters. The summed E-state index contributed by atoms with van der Waals surface area (Å²) >= 11 is 0. The van der Waals surface area contributed by atoms with Crippen LogP contribution >= 0.6 is 0 Å². The van der Waals surface area contributed by atoms with Gasteiger partial charge >= 0.3 is 19.2 Å². The summed E-state index contributed by atoms with van der Waals surface area (Å²) in [6.45, 7) is -2.27. The molecule has 6 aromatic rings. The number of anilines is 4. The number of carboxylic acid groups (broad SMARTS) is 1. The van der Waals surface area contributed by atoms with Gasteiger partial charge in [0, 0.05) is 92.1 Å². The first-order valence-electron chi connectivity index (χ1n) is 21.8. The molecule has 23 heteroatoms. The van der Waals surface area contributed by atoms with E-state index in [4.69, 9.17) is 15.3 Å². The van der Waals surface area contributed by atoms with E-state index in [-0.39, 0.29) is 61.1 Å². The fourth-order valence-electron chi connectivity index (χ4n) is 6.82. The number of β-amino-alcohol motifs (C(OH)–C–C–N with tert-alkyl or cyclic N) is 2. The molecule has 8 rings (SSSR count). The van der Waals surface area contributed by atoms with Crippen LogP contribution in [0.1, 0.15) is 20.7 Å². The van der Waals surface area contributed by atoms with Crippen molar-refractivity contribution in [2.75, 3.05) is 76.2 Å². The number of halogens is 4. The number of aromatic nitrogens is 4. The van der Waals surface area contributed by atoms with Crippen LogP contribution in [-0.2, 0) is 9.59 Å². The molecular formula is C48H48F4N10O9. The summed E-state index contributed by atoms with van der Waals surface area (Å²) in [5, 5.41) is 35.4. The number of carboxylic acids is 1. The molecular weight excluding hydrogens is 937 g/mol. The van der Waals surface area contributed by atoms with Gasteiger partial charge in [-0.25, -0.2) is 24.7 Å². The fourth-order valence-corrected chi connectivity index (χ4v) is 6.82. The number of carbonyl (C=O) groups is 4. The van der Waals surface area contributed by atoms with Gasteiger partial charge in [-0.1, -0.05) is 24.3 Å². The van der Waals surface area contributed by atoms with E-state index in [9.17, 15) is 36.7 Å². The van der Waals surface area contributed by atoms with Crippen molar-refractivity contribution in [2.24, 2.45) is 0 Å². The van der Waals surface area contributed by atoms with Crippen LogP contribution in [0.2, 0.25) is 0 Å². The molecule has 0 radical (unpaired) electrons. The summed E-state index contributed by atoms with van der Waals surface area (Å²) in [5.74, 6) is -0.504. The van der Waals surface area contributed by atoms with Crippen LogP contribution < -0.4 is 25.4 Å². The standard InChI is InChI=1S/C24H23F2N5O4.C18H13F2N3O3.C6H12N2O2/c25-23(26)35-20-7-3-16(4-8-20)18-13-27-24(28-14-18)29-19-5-1-17(2-6-19)22(34)31-10-9-30(11-12-32)21(33)15-31;19-17(20)26-15-7-3-11(4-8-15)13-9-21-18(22-10-13)23-14-5-1-12(2-6-14)16(24)25;9-4-3-8-2-1-7-5-6(8)10/h1-8,13-14,23,32H,9-12,15H2,(H,27,28,29);1-10,17H,(H,24,25)(H,21,22,23);7,9H,1-5H2. The molecule has 2 aliphatic heterocycles. The molecule has 0 aliphatic carbocycles. The van der Waals surface area contributed by atoms with Gasteiger partial charge in [-0.15, -0.1) is 0 Å². The maximum atomic E-state index is 12.7. The molecule has 2 aromatic heterocycles. The molecule has 71 heavy (non-hydrogen) atoms. The second-order valence-corrected chi connectivity index (χ2v) is 15.2. The zero-order chi connectivity index (χ0) is 50.7. The molecule has 0 bridgehead atoms. The van der Waals surface area contributed by atoms with Gasteiger partial charge < -0.3 is 55.4 Å². The number of ether oxygens (including phenoxy) is 2. The second-order valence-electron chi connectivity index (χ2n) is 15.2. The van der Waals surface area contributed by atoms with Crippen LogP contribution in [0.3, 0.4) is 0 Å². The number of aliphatic hydroxyl groups is 2. The Morgan fingerprint density at radius 2 is 1.03 bits per heavy atom. The number of piperazine rings is 2. The van der Waals surface area contributed by atoms with Crippen molar-refractivity contribution < 1.29 is 61.5 Å². The third-order valence-corrected chi connectivity index (χ3v) is 10.4. The molecule has 6 N–H and O–H groups in total. The molecule has 3 amide bonds. The molecule has 2 fully saturated rings. The number of nitrogens with zero attached hydrogens (tertiary/aromatic N) is 7. The lowest BCUT2D eigenvalue weighted by Crippen LogP contribution is -2.52. The highest BCUT2D eigenvalue weighted by Gasteiger charge is 2.27. The minimum atomic E-state index is -2.88. The SMILES string of the molecule is O=C(O)c1ccc(Nc2ncc(-c3ccc(OC(F)F)cc3)cn2)cc1.O=C1CN(C(=O)c2ccc(Nc3ncc(-c4ccc(OC(F)F)cc4)cn3)cc2)CCN1CCO.O=C1CNCCN1CCO. The first kappa shape index (κ1) is 52.1. The Bertz CT molecular complexity index is 2650. The summed E-state index contributed by atoms with van der Waals surface area (Å²) in [4.78, 5) is 68.2. The average Bonchev–Trinajstić information content (AvgIpc) is 3.37. The topological polar surface area (TPSA) is 245 Å². The number of alkyl halides is 4. The lowest BCUT2D eigenvalue weighted by Gasteiger charge is -2.34. The number of hydrogen-bond donors (Lipinski definition) is 6. The highest BCUT2D eigenvalue weighted by Crippen LogP contribution is 2.25. The van der Waals surface area contributed by atoms with Crippen LogP contribution in [0.15, 0.2) is 122 Å². The van der Waals surface area contributed by atoms with Gasteiger partial charge in [0.2, 0.25) is 23.7 Å². The number of aromatic carboxylic acids is 1. The van der Waals surface area contributed by atoms with Gasteiger partial charge in [-0.3, -0.25) is 14.4 Å². The van der Waals surface area contributed by atoms with Gasteiger partial charge in [0.05, 0.1) is 25.3 Å². The van der Waals surface area contributed by atoms with Crippen LogP contribution in [0, 0.1) is 0 Å². The molecule has 0 saturated carbocycles. The number of rotatable bonds is 16. The number of benzene rings is 4. The fraction of sp³-hybridized carbons (Fsp3) is 0.250. The van der Waals surface area contributed by atoms with E-state index in [1.165, 1.54) is 41.3 Å². The maximum absolute atomic E-state index is 12.7. The Hall–Kier alpha value is -8.28. The molecule has 2 aliphatic rings. The molecule has 2 saturated heterocycles. The van der Waals surface area contributed by atoms with E-state index in [0.717, 1.165) is 24.2 Å². The number of aliphatic hydroxyl groups excluding tert-OH is 2. The minimum absolute atomic E-state index is 0.0129. The maximum Gasteiger partial charge on any atom is 0.387 e. The van der Waals surface area contributed by atoms with Gasteiger partial charge in [-0.05, 0) is 83.9 Å². The quantitative estimate of drug-likeness (QED) is 0.0669. The minimum Gasteiger partial charge on any atom is -0.478 e. The third kappa shape index (κ3) is 15.9. The van der Waals surface area contributed by atoms with Crippen LogP contribution in [-0.4, -0.2) is 152 Å². The Kier molecular flexibility index (Phi) is 19.0. The molecule has 0 unspecified atom stereocenters. The Morgan fingerprint density at radius 1 is 0.592 bits per heavy atom. The van der Waals surface area contributed by atoms with Crippen molar-refractivity contribution in [3.8, 4) is 33.8 Å². The van der Waals surface area contributed by atoms with Crippen molar-refractivity contribution in [1.82, 2.24) is 40.0 Å². The van der Waals surface area contributed by atoms with Crippen LogP contribution in [0.25, 0.3) is 22.3 Å². The van der Waals surface area contributed by atoms with Gasteiger partial charge in [-0.2, -0.15) is 17.6 Å². The van der Waals surface area contributed by atoms with Gasteiger partial charge in [0.15, 0.2) is 0 Å². The van der Waals surface area contributed by atoms with Crippen molar-refractivity contribution in [3.63, 3.8) is 0 Å². The highest BCUT2D eigenvalue weighted by atomic mass is 19.3. The summed E-state index contributed by atoms with van der Waals surface area (Å²) in [6, 6.07) is 25.2. The predicted molar refractivity (Wildman–Crippen MR) is 251 cm³/mol. The number of amides is 3. The van der Waals surface area contributed by atoms with Crippen LogP contribution in [0.5, 0.6) is 11.5 Å². The highest BCUT2D eigenvalue weighted by molar-refractivity contribution is 5.97. The smallest absolute Gasteiger partial charge is 0.387 e. The van der Waals surface area contributed by atoms with E-state index in [1.807, 2.05) is 0 Å². The molecule has 4 aromatic carbocycles. The largest absolute Gasteiger partial charge is 0.478 e. The Morgan fingerprint density at radius 3 is 1.42 bits per heavy atom. The van der Waals surface area contributed by atoms with E-state index >= 15 is 0 Å². The van der Waals surface area contributed by atoms with Crippen molar-refractivity contribution in [2.45, 2.75) is 13.2 Å². The lowest BCUT2D eigenvalue weighted by atomic mass is 10.1. The Labute approximate surface area is 403 Å². The third-order valence-electron chi connectivity index (χ3n) is 10.4. The normalized spacial score (nSPS) is 13.4. The zero-order valence-electron chi connectivity index (χ0n) is 37.7. The molecule has 4 heterocycles. The molecule has 0 spiro atoms. The van der Waals surface area contributed by atoms with Crippen molar-refractivity contribution >= 4 is 47.0 Å². The average molecular weight is 985 g/mol. The number of nitrogens with one attached hydrogen (secondary N) is 3. The molecule has 372 valence electrons. The van der Waals surface area contributed by atoms with Crippen molar-refractivity contribution in [3.05, 3.63) is 133 Å². The van der Waals surface area contributed by atoms with Crippen LogP contribution in [0.4, 0.5) is 40.8 Å². The van der Waals surface area contributed by atoms with E-state index in [2.05, 4.69) is 45.4 Å². The summed E-state index contributed by atoms with van der Waals surface area (Å²) in [6.07, 6.45) is 6.38. The summed E-state index contributed by atoms with van der Waals surface area (Å²) in [7, 11) is 0. The summed E-state index contributed by atoms with van der Waals surface area (Å²) in [5.41, 5.74) is 4.87. The van der Waals surface area contributed by atoms with E-state index in [0.29, 0.717) is 66.1 Å². The van der Waals surface area contributed by atoms with Crippen molar-refractivity contribution in [1.29, 1.82) is 0 Å². The van der Waals surface area contributed by atoms with E-state index < -0.39 is 19.2 Å². The lowest BCUT2D eigenvalue weighted by molar-refractivity contribution is -0.135. The number of carbonyl (C=O) groups excluding carboxylic acids is 3. The van der Waals surface area contributed by atoms with Gasteiger partial charge in [0.25, 0.3) is 5.91 Å². The zero-order valence-corrected chi connectivity index (χ0v) is 37.7. The molecule has 19 nitrogen and oxygen atoms in total. The summed E-state index contributed by atoms with van der Waals surface area (Å²) < 4.78 is 57.5. The Balaban J connectivity index is 0.000000200. The van der Waals surface area contributed by atoms with Gasteiger partial charge in [0.1, 0.15) is 18.0 Å².